The predicted molar refractivity (Wildman–Crippen MR) is 120 cm³/mol. The number of carbonyl (C=O) groups excluding carboxylic acids is 2. The third-order valence-corrected chi connectivity index (χ3v) is 5.77. The zero-order valence-electron chi connectivity index (χ0n) is 19.1. The third kappa shape index (κ3) is 5.27. The molecule has 3 rings (SSSR count). The minimum atomic E-state index is -0.908. The Morgan fingerprint density at radius 1 is 1.06 bits per heavy atom. The molecule has 1 amide bonds. The number of nitrogens with zero attached hydrogens (tertiary/aromatic N) is 2. The number of nitrogens with one attached hydrogen (secondary N) is 1. The fourth-order valence-electron chi connectivity index (χ4n) is 4.09. The smallest absolute Gasteiger partial charge is 0.334 e. The summed E-state index contributed by atoms with van der Waals surface area (Å²) in [5.74, 6) is -1.00. The van der Waals surface area contributed by atoms with Crippen molar-refractivity contribution >= 4 is 11.7 Å². The SMILES string of the molecule is COc1cc(Cn2c(O)c(C(=O)NCC(C)=O)c(=O)n(C3CCCCC3)c2=O)cc(OC)c1. The molecule has 0 atom stereocenters. The highest BCUT2D eigenvalue weighted by Crippen LogP contribution is 2.27. The van der Waals surface area contributed by atoms with Gasteiger partial charge in [0.25, 0.3) is 11.5 Å². The lowest BCUT2D eigenvalue weighted by atomic mass is 9.95. The molecule has 1 heterocycles. The largest absolute Gasteiger partial charge is 0.497 e. The van der Waals surface area contributed by atoms with Gasteiger partial charge in [-0.2, -0.15) is 0 Å². The monoisotopic (exact) mass is 459 g/mol. The van der Waals surface area contributed by atoms with E-state index in [9.17, 15) is 24.3 Å². The Morgan fingerprint density at radius 3 is 2.21 bits per heavy atom. The lowest BCUT2D eigenvalue weighted by Gasteiger charge is -2.25. The van der Waals surface area contributed by atoms with Gasteiger partial charge in [-0.3, -0.25) is 23.5 Å². The molecule has 10 heteroatoms. The van der Waals surface area contributed by atoms with Gasteiger partial charge in [-0.15, -0.1) is 0 Å². The number of rotatable bonds is 8. The first-order valence-electron chi connectivity index (χ1n) is 10.8. The number of Topliss-reactive ketones (excluding diaryl/α,β-unsaturated/α-hetero) is 1. The highest BCUT2D eigenvalue weighted by atomic mass is 16.5. The molecule has 178 valence electrons. The number of hydrogen-bond donors (Lipinski definition) is 2. The van der Waals surface area contributed by atoms with Crippen LogP contribution in [0.2, 0.25) is 0 Å². The second-order valence-electron chi connectivity index (χ2n) is 8.14. The van der Waals surface area contributed by atoms with Gasteiger partial charge in [0.05, 0.1) is 27.3 Å². The number of ketones is 1. The number of benzene rings is 1. The second kappa shape index (κ2) is 10.4. The molecule has 2 aromatic rings. The zero-order valence-corrected chi connectivity index (χ0v) is 19.1. The van der Waals surface area contributed by atoms with E-state index in [0.29, 0.717) is 29.9 Å². The van der Waals surface area contributed by atoms with Crippen LogP contribution in [0.25, 0.3) is 0 Å². The molecule has 0 spiro atoms. The van der Waals surface area contributed by atoms with Gasteiger partial charge in [-0.25, -0.2) is 4.79 Å². The van der Waals surface area contributed by atoms with E-state index in [2.05, 4.69) is 5.32 Å². The van der Waals surface area contributed by atoms with E-state index in [1.165, 1.54) is 21.1 Å². The molecule has 10 nitrogen and oxygen atoms in total. The Bertz CT molecular complexity index is 1140. The van der Waals surface area contributed by atoms with Crippen LogP contribution in [0.3, 0.4) is 0 Å². The summed E-state index contributed by atoms with van der Waals surface area (Å²) >= 11 is 0. The van der Waals surface area contributed by atoms with Crippen LogP contribution in [0.15, 0.2) is 27.8 Å². The van der Waals surface area contributed by atoms with Crippen LogP contribution in [0.1, 0.15) is 61.0 Å². The number of aromatic hydroxyl groups is 1. The van der Waals surface area contributed by atoms with Gasteiger partial charge < -0.3 is 19.9 Å². The zero-order chi connectivity index (χ0) is 24.1. The summed E-state index contributed by atoms with van der Waals surface area (Å²) in [6.45, 7) is 0.864. The summed E-state index contributed by atoms with van der Waals surface area (Å²) in [5, 5.41) is 13.2. The normalized spacial score (nSPS) is 14.0. The van der Waals surface area contributed by atoms with Crippen LogP contribution in [0.5, 0.6) is 17.4 Å². The van der Waals surface area contributed by atoms with Crippen molar-refractivity contribution in [3.8, 4) is 17.4 Å². The maximum Gasteiger partial charge on any atom is 0.334 e. The number of methoxy groups -OCH3 is 2. The average molecular weight is 459 g/mol. The first-order chi connectivity index (χ1) is 15.8. The lowest BCUT2D eigenvalue weighted by Crippen LogP contribution is -2.46. The molecular formula is C23H29N3O7. The number of aromatic nitrogens is 2. The summed E-state index contributed by atoms with van der Waals surface area (Å²) in [6, 6.07) is 4.63. The molecule has 1 saturated carbocycles. The molecule has 1 aromatic carbocycles. The van der Waals surface area contributed by atoms with Gasteiger partial charge in [0.1, 0.15) is 17.3 Å². The minimum Gasteiger partial charge on any atom is -0.497 e. The van der Waals surface area contributed by atoms with E-state index in [1.54, 1.807) is 18.2 Å². The van der Waals surface area contributed by atoms with Crippen molar-refractivity contribution in [3.05, 3.63) is 50.2 Å². The van der Waals surface area contributed by atoms with Crippen molar-refractivity contribution < 1.29 is 24.2 Å². The Balaban J connectivity index is 2.17. The van der Waals surface area contributed by atoms with Gasteiger partial charge in [-0.05, 0) is 37.5 Å². The van der Waals surface area contributed by atoms with Crippen molar-refractivity contribution in [2.45, 2.75) is 51.6 Å². The number of carbonyl (C=O) groups is 2. The van der Waals surface area contributed by atoms with Crippen molar-refractivity contribution in [2.75, 3.05) is 20.8 Å². The van der Waals surface area contributed by atoms with Crippen molar-refractivity contribution in [3.63, 3.8) is 0 Å². The van der Waals surface area contributed by atoms with Crippen LogP contribution < -0.4 is 26.0 Å². The van der Waals surface area contributed by atoms with E-state index >= 15 is 0 Å². The highest BCUT2D eigenvalue weighted by Gasteiger charge is 2.28. The van der Waals surface area contributed by atoms with E-state index < -0.39 is 28.6 Å². The summed E-state index contributed by atoms with van der Waals surface area (Å²) in [6.07, 6.45) is 3.97. The molecule has 1 fully saturated rings. The van der Waals surface area contributed by atoms with Crippen molar-refractivity contribution in [2.24, 2.45) is 0 Å². The number of amides is 1. The lowest BCUT2D eigenvalue weighted by molar-refractivity contribution is -0.116. The van der Waals surface area contributed by atoms with Gasteiger partial charge in [0.2, 0.25) is 5.88 Å². The number of ether oxygens (including phenoxy) is 2. The summed E-state index contributed by atoms with van der Waals surface area (Å²) in [7, 11) is 2.98. The topological polar surface area (TPSA) is 129 Å². The second-order valence-corrected chi connectivity index (χ2v) is 8.14. The van der Waals surface area contributed by atoms with Crippen LogP contribution in [0.4, 0.5) is 0 Å². The fraction of sp³-hybridized carbons (Fsp3) is 0.478. The molecule has 1 aromatic heterocycles. The molecule has 0 unspecified atom stereocenters. The molecule has 2 N–H and O–H groups in total. The van der Waals surface area contributed by atoms with Gasteiger partial charge >= 0.3 is 5.69 Å². The van der Waals surface area contributed by atoms with Crippen molar-refractivity contribution in [1.82, 2.24) is 14.5 Å². The molecule has 0 aliphatic heterocycles. The van der Waals surface area contributed by atoms with Crippen molar-refractivity contribution in [1.29, 1.82) is 0 Å². The Morgan fingerprint density at radius 2 is 1.67 bits per heavy atom. The molecule has 1 aliphatic rings. The fourth-order valence-corrected chi connectivity index (χ4v) is 4.09. The molecule has 0 radical (unpaired) electrons. The molecule has 0 saturated heterocycles. The summed E-state index contributed by atoms with van der Waals surface area (Å²) in [5.41, 5.74) is -1.55. The first-order valence-corrected chi connectivity index (χ1v) is 10.8. The molecular weight excluding hydrogens is 430 g/mol. The molecule has 0 bridgehead atoms. The summed E-state index contributed by atoms with van der Waals surface area (Å²) < 4.78 is 12.6. The quantitative estimate of drug-likeness (QED) is 0.613. The Kier molecular flexibility index (Phi) is 7.57. The van der Waals surface area contributed by atoms with Crippen LogP contribution in [-0.4, -0.2) is 46.7 Å². The van der Waals surface area contributed by atoms with Crippen LogP contribution in [0, 0.1) is 0 Å². The first kappa shape index (κ1) is 24.1. The van der Waals surface area contributed by atoms with Gasteiger partial charge in [0.15, 0.2) is 5.56 Å². The van der Waals surface area contributed by atoms with E-state index in [0.717, 1.165) is 28.4 Å². The maximum absolute atomic E-state index is 13.4. The van der Waals surface area contributed by atoms with Gasteiger partial charge in [0, 0.05) is 12.1 Å². The number of hydrogen-bond acceptors (Lipinski definition) is 7. The van der Waals surface area contributed by atoms with Crippen LogP contribution >= 0.6 is 0 Å². The molecule has 1 aliphatic carbocycles. The van der Waals surface area contributed by atoms with E-state index in [-0.39, 0.29) is 24.9 Å². The Hall–Kier alpha value is -3.56. The average Bonchev–Trinajstić information content (AvgIpc) is 2.81. The van der Waals surface area contributed by atoms with Crippen LogP contribution in [-0.2, 0) is 11.3 Å². The standard InChI is InChI=1S/C23H29N3O7/c1-14(27)12-24-20(28)19-21(29)25(13-15-9-17(32-2)11-18(10-15)33-3)23(31)26(22(19)30)16-7-5-4-6-8-16/h9-11,16,29H,4-8,12-13H2,1-3H3,(H,24,28). The highest BCUT2D eigenvalue weighted by molar-refractivity contribution is 5.97. The van der Waals surface area contributed by atoms with E-state index in [4.69, 9.17) is 9.47 Å². The van der Waals surface area contributed by atoms with Gasteiger partial charge in [-0.1, -0.05) is 19.3 Å². The minimum absolute atomic E-state index is 0.127. The molecule has 33 heavy (non-hydrogen) atoms. The maximum atomic E-state index is 13.4. The summed E-state index contributed by atoms with van der Waals surface area (Å²) in [4.78, 5) is 50.6. The Labute approximate surface area is 190 Å². The van der Waals surface area contributed by atoms with E-state index in [1.807, 2.05) is 0 Å². The third-order valence-electron chi connectivity index (χ3n) is 5.77. The predicted octanol–water partition coefficient (Wildman–Crippen LogP) is 1.61.